The highest BCUT2D eigenvalue weighted by Gasteiger charge is 2.36. The van der Waals surface area contributed by atoms with Gasteiger partial charge in [0, 0.05) is 22.9 Å². The van der Waals surface area contributed by atoms with E-state index in [1.165, 1.54) is 89.9 Å². The molecule has 50 heavy (non-hydrogen) atoms. The number of aliphatic imine (C=N–C) groups is 1. The Kier molecular flexibility index (Phi) is 12.4. The molecule has 0 bridgehead atoms. The number of unbranched alkanes of at least 4 members (excludes halogenated alkanes) is 14. The molecule has 0 spiro atoms. The van der Waals surface area contributed by atoms with E-state index in [-0.39, 0.29) is 17.2 Å². The van der Waals surface area contributed by atoms with E-state index in [0.29, 0.717) is 47.2 Å². The summed E-state index contributed by atoms with van der Waals surface area (Å²) >= 11 is 0. The Labute approximate surface area is 295 Å². The maximum Gasteiger partial charge on any atom is 0.280 e. The van der Waals surface area contributed by atoms with Crippen LogP contribution in [0.3, 0.4) is 0 Å². The second kappa shape index (κ2) is 17.5. The van der Waals surface area contributed by atoms with Gasteiger partial charge in [0.25, 0.3) is 5.91 Å². The number of hydrogen-bond donors (Lipinski definition) is 2. The average molecular weight is 681 g/mol. The fourth-order valence-corrected chi connectivity index (χ4v) is 6.80. The second-order valence-corrected chi connectivity index (χ2v) is 13.6. The molecule has 0 radical (unpaired) electrons. The predicted octanol–water partition coefficient (Wildman–Crippen LogP) is 11.9. The Balaban J connectivity index is 1.07. The van der Waals surface area contributed by atoms with Gasteiger partial charge < -0.3 is 28.4 Å². The largest absolute Gasteiger partial charge is 0.494 e. The summed E-state index contributed by atoms with van der Waals surface area (Å²) in [5.41, 5.74) is 2.51. The Morgan fingerprint density at radius 3 is 1.64 bits per heavy atom. The molecule has 8 heteroatoms. The van der Waals surface area contributed by atoms with Gasteiger partial charge in [-0.25, -0.2) is 4.99 Å². The van der Waals surface area contributed by atoms with Crippen LogP contribution >= 0.6 is 0 Å². The summed E-state index contributed by atoms with van der Waals surface area (Å²) in [5, 5.41) is 12.7. The number of nitrogens with zero attached hydrogens (tertiary/aromatic N) is 1. The Bertz CT molecular complexity index is 1890. The number of furan rings is 2. The number of aromatic hydroxyl groups is 1. The smallest absolute Gasteiger partial charge is 0.280 e. The zero-order valence-electron chi connectivity index (χ0n) is 29.8. The Morgan fingerprint density at radius 1 is 0.620 bits per heavy atom. The first-order valence-electron chi connectivity index (χ1n) is 19.0. The molecule has 0 atom stereocenters. The molecular weight excluding hydrogens is 628 g/mol. The lowest BCUT2D eigenvalue weighted by Gasteiger charge is -2.06. The van der Waals surface area contributed by atoms with Crippen LogP contribution in [-0.2, 0) is 0 Å². The number of aromatic nitrogens is 1. The van der Waals surface area contributed by atoms with E-state index in [2.05, 4.69) is 23.8 Å². The molecule has 1 aliphatic heterocycles. The van der Waals surface area contributed by atoms with Gasteiger partial charge in [-0.15, -0.1) is 0 Å². The number of carbonyl (C=O) groups excluding carboxylic acids is 1. The van der Waals surface area contributed by atoms with E-state index in [0.717, 1.165) is 35.1 Å². The van der Waals surface area contributed by atoms with Crippen LogP contribution in [0.25, 0.3) is 33.4 Å². The molecule has 3 aromatic heterocycles. The fourth-order valence-electron chi connectivity index (χ4n) is 6.80. The zero-order chi connectivity index (χ0) is 34.7. The van der Waals surface area contributed by atoms with Gasteiger partial charge in [-0.05, 0) is 49.2 Å². The van der Waals surface area contributed by atoms with Crippen LogP contribution in [0, 0.1) is 0 Å². The van der Waals surface area contributed by atoms with Crippen LogP contribution < -0.4 is 9.47 Å². The maximum absolute atomic E-state index is 13.3. The molecule has 2 aromatic carbocycles. The van der Waals surface area contributed by atoms with Crippen molar-refractivity contribution >= 4 is 33.6 Å². The normalized spacial score (nSPS) is 12.7. The number of rotatable bonds is 22. The summed E-state index contributed by atoms with van der Waals surface area (Å²) in [6.45, 7) is 5.81. The van der Waals surface area contributed by atoms with Crippen LogP contribution in [0.2, 0.25) is 0 Å². The molecule has 6 rings (SSSR count). The lowest BCUT2D eigenvalue weighted by molar-refractivity contribution is 0.101. The van der Waals surface area contributed by atoms with Crippen molar-refractivity contribution in [3.05, 3.63) is 65.4 Å². The molecule has 0 saturated carbocycles. The van der Waals surface area contributed by atoms with Crippen LogP contribution in [0.15, 0.2) is 62.4 Å². The van der Waals surface area contributed by atoms with Crippen molar-refractivity contribution in [2.75, 3.05) is 13.2 Å². The SMILES string of the molecule is CCCCCCCCCCOc1ccc2cc(C3=NC(=O)c4c(-c5cc6ccc(OCCCCCCCCCC)cc6o5)[nH]c(O)c43)oc2c1. The van der Waals surface area contributed by atoms with Crippen LogP contribution in [0.5, 0.6) is 17.4 Å². The number of fused-ring (bicyclic) bond motifs is 3. The molecule has 4 heterocycles. The van der Waals surface area contributed by atoms with E-state index in [1.807, 2.05) is 48.5 Å². The number of ether oxygens (including phenoxy) is 2. The number of H-pyrrole nitrogens is 1. The Hall–Kier alpha value is -4.46. The van der Waals surface area contributed by atoms with Crippen molar-refractivity contribution in [2.24, 2.45) is 4.99 Å². The molecule has 5 aromatic rings. The van der Waals surface area contributed by atoms with Crippen LogP contribution in [0.4, 0.5) is 0 Å². The van der Waals surface area contributed by atoms with Crippen molar-refractivity contribution in [3.8, 4) is 28.8 Å². The third-order valence-corrected chi connectivity index (χ3v) is 9.64. The van der Waals surface area contributed by atoms with Gasteiger partial charge in [-0.1, -0.05) is 104 Å². The van der Waals surface area contributed by atoms with Crippen LogP contribution in [0.1, 0.15) is 138 Å². The summed E-state index contributed by atoms with van der Waals surface area (Å²) in [5.74, 6) is 1.69. The number of amides is 1. The molecule has 8 nitrogen and oxygen atoms in total. The van der Waals surface area contributed by atoms with E-state index >= 15 is 0 Å². The van der Waals surface area contributed by atoms with Crippen molar-refractivity contribution in [1.29, 1.82) is 0 Å². The van der Waals surface area contributed by atoms with E-state index in [4.69, 9.17) is 18.3 Å². The average Bonchev–Trinajstić information content (AvgIpc) is 3.89. The number of hydrogen-bond acceptors (Lipinski definition) is 6. The zero-order valence-corrected chi connectivity index (χ0v) is 29.8. The number of nitrogens with one attached hydrogen (secondary N) is 1. The molecule has 0 unspecified atom stereocenters. The summed E-state index contributed by atoms with van der Waals surface area (Å²) in [7, 11) is 0. The van der Waals surface area contributed by atoms with Crippen molar-refractivity contribution in [3.63, 3.8) is 0 Å². The number of aromatic amines is 1. The standard InChI is InChI=1S/C42H52N2O6/c1-3-5-7-9-11-13-15-17-23-47-31-21-19-29-25-35(49-33(29)27-31)39-37-38(42(46)43-39)40(44-41(37)45)36-26-30-20-22-32(28-34(30)50-36)48-24-18-16-14-12-10-8-6-4-2/h19-22,25-28,43,46H,3-18,23-24H2,1-2H3. The summed E-state index contributed by atoms with van der Waals surface area (Å²) in [6, 6.07) is 15.2. The van der Waals surface area contributed by atoms with Gasteiger partial charge in [0.15, 0.2) is 17.4 Å². The summed E-state index contributed by atoms with van der Waals surface area (Å²) in [4.78, 5) is 20.5. The minimum absolute atomic E-state index is 0.163. The first-order chi connectivity index (χ1) is 24.6. The molecule has 0 fully saturated rings. The molecule has 2 N–H and O–H groups in total. The highest BCUT2D eigenvalue weighted by Crippen LogP contribution is 2.41. The minimum Gasteiger partial charge on any atom is -0.494 e. The first kappa shape index (κ1) is 35.4. The molecule has 266 valence electrons. The lowest BCUT2D eigenvalue weighted by atomic mass is 10.1. The van der Waals surface area contributed by atoms with E-state index in [1.54, 1.807) is 0 Å². The highest BCUT2D eigenvalue weighted by molar-refractivity contribution is 6.30. The van der Waals surface area contributed by atoms with Gasteiger partial charge in [-0.3, -0.25) is 4.79 Å². The molecular formula is C42H52N2O6. The second-order valence-electron chi connectivity index (χ2n) is 13.6. The molecule has 0 saturated heterocycles. The van der Waals surface area contributed by atoms with Gasteiger partial charge in [-0.2, -0.15) is 0 Å². The van der Waals surface area contributed by atoms with Gasteiger partial charge in [0.05, 0.1) is 30.0 Å². The molecule has 1 amide bonds. The fraction of sp³-hybridized carbons (Fsp3) is 0.476. The van der Waals surface area contributed by atoms with E-state index < -0.39 is 5.91 Å². The summed E-state index contributed by atoms with van der Waals surface area (Å²) in [6.07, 6.45) is 20.0. The van der Waals surface area contributed by atoms with Gasteiger partial charge in [0.1, 0.15) is 28.4 Å². The van der Waals surface area contributed by atoms with Crippen LogP contribution in [-0.4, -0.2) is 34.9 Å². The summed E-state index contributed by atoms with van der Waals surface area (Å²) < 4.78 is 24.4. The Morgan fingerprint density at radius 2 is 1.10 bits per heavy atom. The number of benzene rings is 2. The maximum atomic E-state index is 13.3. The third kappa shape index (κ3) is 8.63. The topological polar surface area (TPSA) is 110 Å². The highest BCUT2D eigenvalue weighted by atomic mass is 16.5. The van der Waals surface area contributed by atoms with Crippen molar-refractivity contribution in [1.82, 2.24) is 4.98 Å². The van der Waals surface area contributed by atoms with E-state index in [9.17, 15) is 9.90 Å². The first-order valence-corrected chi connectivity index (χ1v) is 19.0. The minimum atomic E-state index is -0.466. The van der Waals surface area contributed by atoms with Crippen molar-refractivity contribution < 1.29 is 28.2 Å². The third-order valence-electron chi connectivity index (χ3n) is 9.64. The van der Waals surface area contributed by atoms with Gasteiger partial charge in [0.2, 0.25) is 0 Å². The lowest BCUT2D eigenvalue weighted by Crippen LogP contribution is -1.97. The number of carbonyl (C=O) groups is 1. The predicted molar refractivity (Wildman–Crippen MR) is 200 cm³/mol. The molecule has 0 aliphatic carbocycles. The van der Waals surface area contributed by atoms with Crippen molar-refractivity contribution in [2.45, 2.75) is 117 Å². The molecule has 1 aliphatic rings. The quantitative estimate of drug-likeness (QED) is 0.0704. The monoisotopic (exact) mass is 680 g/mol. The van der Waals surface area contributed by atoms with Gasteiger partial charge >= 0.3 is 0 Å².